The van der Waals surface area contributed by atoms with Gasteiger partial charge in [0.05, 0.1) is 0 Å². The first-order chi connectivity index (χ1) is 9.08. The first-order valence-corrected chi connectivity index (χ1v) is 6.86. The zero-order valence-electron chi connectivity index (χ0n) is 11.2. The lowest BCUT2D eigenvalue weighted by Gasteiger charge is -2.17. The van der Waals surface area contributed by atoms with Crippen molar-refractivity contribution < 1.29 is 9.53 Å². The fourth-order valence-corrected chi connectivity index (χ4v) is 1.96. The molecule has 0 aromatic heterocycles. The van der Waals surface area contributed by atoms with Gasteiger partial charge in [-0.3, -0.25) is 4.79 Å². The van der Waals surface area contributed by atoms with Gasteiger partial charge in [0.1, 0.15) is 5.75 Å². The van der Waals surface area contributed by atoms with Gasteiger partial charge in [-0.1, -0.05) is 22.0 Å². The molecule has 0 heterocycles. The number of ether oxygens (including phenoxy) is 1. The van der Waals surface area contributed by atoms with Gasteiger partial charge in [-0.2, -0.15) is 0 Å². The van der Waals surface area contributed by atoms with Crippen molar-refractivity contribution in [3.05, 3.63) is 40.9 Å². The van der Waals surface area contributed by atoms with Crippen molar-refractivity contribution in [3.63, 3.8) is 0 Å². The smallest absolute Gasteiger partial charge is 0.261 e. The summed E-state index contributed by atoms with van der Waals surface area (Å²) < 4.78 is 6.69. The molecule has 5 heteroatoms. The number of carbonyl (C=O) groups is 1. The maximum atomic E-state index is 11.7. The molecule has 2 N–H and O–H groups in total. The Hall–Kier alpha value is -1.33. The molecule has 0 aliphatic rings. The Kier molecular flexibility index (Phi) is 6.59. The van der Waals surface area contributed by atoms with Crippen LogP contribution in [0.1, 0.15) is 12.5 Å². The number of rotatable bonds is 7. The maximum Gasteiger partial charge on any atom is 0.261 e. The first kappa shape index (κ1) is 15.7. The van der Waals surface area contributed by atoms with Crippen LogP contribution in [0.5, 0.6) is 5.75 Å². The Morgan fingerprint density at radius 1 is 1.58 bits per heavy atom. The molecular formula is C14H19BrN2O2. The fraction of sp³-hybridized carbons (Fsp3) is 0.357. The molecule has 0 saturated heterocycles. The van der Waals surface area contributed by atoms with E-state index in [1.54, 1.807) is 13.0 Å². The van der Waals surface area contributed by atoms with Gasteiger partial charge in [0, 0.05) is 23.1 Å². The van der Waals surface area contributed by atoms with Crippen molar-refractivity contribution >= 4 is 21.8 Å². The van der Waals surface area contributed by atoms with Crippen LogP contribution in [-0.4, -0.2) is 25.6 Å². The average Bonchev–Trinajstić information content (AvgIpc) is 2.39. The van der Waals surface area contributed by atoms with Gasteiger partial charge in [-0.05, 0) is 32.2 Å². The maximum absolute atomic E-state index is 11.7. The van der Waals surface area contributed by atoms with E-state index in [0.717, 1.165) is 10.0 Å². The highest BCUT2D eigenvalue weighted by Crippen LogP contribution is 2.24. The predicted molar refractivity (Wildman–Crippen MR) is 80.2 cm³/mol. The zero-order chi connectivity index (χ0) is 14.3. The molecule has 0 aliphatic carbocycles. The molecule has 1 atom stereocenters. The van der Waals surface area contributed by atoms with E-state index in [0.29, 0.717) is 18.8 Å². The third kappa shape index (κ3) is 5.04. The molecule has 1 aromatic carbocycles. The SMILES string of the molecule is C=CCNC(=O)C(C)Oc1ccc(Br)cc1CNC. The number of carbonyl (C=O) groups excluding carboxylic acids is 1. The second kappa shape index (κ2) is 7.96. The number of amides is 1. The number of nitrogens with one attached hydrogen (secondary N) is 2. The summed E-state index contributed by atoms with van der Waals surface area (Å²) in [6.07, 6.45) is 1.09. The van der Waals surface area contributed by atoms with Gasteiger partial charge in [0.25, 0.3) is 5.91 Å². The van der Waals surface area contributed by atoms with Crippen LogP contribution in [0.25, 0.3) is 0 Å². The second-order valence-corrected chi connectivity index (χ2v) is 4.99. The minimum Gasteiger partial charge on any atom is -0.481 e. The molecule has 0 saturated carbocycles. The fourth-order valence-electron chi connectivity index (χ4n) is 1.55. The number of hydrogen-bond donors (Lipinski definition) is 2. The first-order valence-electron chi connectivity index (χ1n) is 6.06. The Morgan fingerprint density at radius 3 is 2.95 bits per heavy atom. The molecule has 1 aromatic rings. The van der Waals surface area contributed by atoms with Gasteiger partial charge in [-0.25, -0.2) is 0 Å². The van der Waals surface area contributed by atoms with Crippen LogP contribution in [0.4, 0.5) is 0 Å². The van der Waals surface area contributed by atoms with Crippen LogP contribution in [-0.2, 0) is 11.3 Å². The number of hydrogen-bond acceptors (Lipinski definition) is 3. The van der Waals surface area contributed by atoms with E-state index in [1.165, 1.54) is 0 Å². The van der Waals surface area contributed by atoms with Crippen LogP contribution < -0.4 is 15.4 Å². The normalized spacial score (nSPS) is 11.7. The Balaban J connectivity index is 2.74. The minimum atomic E-state index is -0.545. The quantitative estimate of drug-likeness (QED) is 0.755. The van der Waals surface area contributed by atoms with Crippen LogP contribution in [0.2, 0.25) is 0 Å². The standard InChI is InChI=1S/C14H19BrN2O2/c1-4-7-17-14(18)10(2)19-13-6-5-12(15)8-11(13)9-16-3/h4-6,8,10,16H,1,7,9H2,2-3H3,(H,17,18). The largest absolute Gasteiger partial charge is 0.481 e. The van der Waals surface area contributed by atoms with Crippen molar-refractivity contribution in [2.24, 2.45) is 0 Å². The molecule has 104 valence electrons. The summed E-state index contributed by atoms with van der Waals surface area (Å²) in [5.74, 6) is 0.553. The summed E-state index contributed by atoms with van der Waals surface area (Å²) in [4.78, 5) is 11.7. The molecule has 1 unspecified atom stereocenters. The van der Waals surface area contributed by atoms with Gasteiger partial charge < -0.3 is 15.4 Å². The third-order valence-electron chi connectivity index (χ3n) is 2.48. The van der Waals surface area contributed by atoms with Crippen LogP contribution in [0, 0.1) is 0 Å². The average molecular weight is 327 g/mol. The lowest BCUT2D eigenvalue weighted by molar-refractivity contribution is -0.127. The lowest BCUT2D eigenvalue weighted by atomic mass is 10.2. The van der Waals surface area contributed by atoms with Crippen LogP contribution in [0.3, 0.4) is 0 Å². The number of benzene rings is 1. The Bertz CT molecular complexity index is 449. The zero-order valence-corrected chi connectivity index (χ0v) is 12.8. The molecule has 0 fully saturated rings. The third-order valence-corrected chi connectivity index (χ3v) is 2.98. The van der Waals surface area contributed by atoms with Crippen LogP contribution in [0.15, 0.2) is 35.3 Å². The van der Waals surface area contributed by atoms with E-state index in [2.05, 4.69) is 33.1 Å². The highest BCUT2D eigenvalue weighted by atomic mass is 79.9. The molecule has 19 heavy (non-hydrogen) atoms. The van der Waals surface area contributed by atoms with Gasteiger partial charge in [-0.15, -0.1) is 6.58 Å². The predicted octanol–water partition coefficient (Wildman–Crippen LogP) is 2.24. The second-order valence-electron chi connectivity index (χ2n) is 4.08. The summed E-state index contributed by atoms with van der Waals surface area (Å²) in [5, 5.41) is 5.78. The molecule has 1 amide bonds. The molecule has 0 aliphatic heterocycles. The van der Waals surface area contributed by atoms with E-state index < -0.39 is 6.10 Å². The van der Waals surface area contributed by atoms with Crippen molar-refractivity contribution in [1.82, 2.24) is 10.6 Å². The summed E-state index contributed by atoms with van der Waals surface area (Å²) in [5.41, 5.74) is 1.00. The van der Waals surface area contributed by atoms with E-state index in [1.807, 2.05) is 25.2 Å². The van der Waals surface area contributed by atoms with Gasteiger partial charge in [0.2, 0.25) is 0 Å². The lowest BCUT2D eigenvalue weighted by Crippen LogP contribution is -2.36. The minimum absolute atomic E-state index is 0.154. The van der Waals surface area contributed by atoms with Crippen molar-refractivity contribution in [3.8, 4) is 5.75 Å². The van der Waals surface area contributed by atoms with E-state index in [-0.39, 0.29) is 5.91 Å². The Labute approximate surface area is 122 Å². The van der Waals surface area contributed by atoms with Gasteiger partial charge >= 0.3 is 0 Å². The Morgan fingerprint density at radius 2 is 2.32 bits per heavy atom. The topological polar surface area (TPSA) is 50.4 Å². The van der Waals surface area contributed by atoms with E-state index in [9.17, 15) is 4.79 Å². The molecule has 0 spiro atoms. The van der Waals surface area contributed by atoms with Crippen LogP contribution >= 0.6 is 15.9 Å². The summed E-state index contributed by atoms with van der Waals surface area (Å²) in [7, 11) is 1.87. The molecule has 4 nitrogen and oxygen atoms in total. The van der Waals surface area contributed by atoms with Crippen molar-refractivity contribution in [1.29, 1.82) is 0 Å². The van der Waals surface area contributed by atoms with E-state index >= 15 is 0 Å². The number of halogens is 1. The summed E-state index contributed by atoms with van der Waals surface area (Å²) >= 11 is 3.42. The molecule has 0 radical (unpaired) electrons. The highest BCUT2D eigenvalue weighted by Gasteiger charge is 2.15. The van der Waals surface area contributed by atoms with E-state index in [4.69, 9.17) is 4.74 Å². The summed E-state index contributed by atoms with van der Waals surface area (Å²) in [6.45, 7) is 6.40. The van der Waals surface area contributed by atoms with Crippen molar-refractivity contribution in [2.45, 2.75) is 19.6 Å². The highest BCUT2D eigenvalue weighted by molar-refractivity contribution is 9.10. The van der Waals surface area contributed by atoms with Crippen molar-refractivity contribution in [2.75, 3.05) is 13.6 Å². The molecular weight excluding hydrogens is 308 g/mol. The molecule has 1 rings (SSSR count). The monoisotopic (exact) mass is 326 g/mol. The summed E-state index contributed by atoms with van der Waals surface area (Å²) in [6, 6.07) is 5.72. The van der Waals surface area contributed by atoms with Gasteiger partial charge in [0.15, 0.2) is 6.10 Å². The molecule has 0 bridgehead atoms.